The standard InChI is InChI=1S/C17H20FNO/c18-16-3-1-13(2-4-16)9-15(11-19-17-5-6-17)10-14-7-8-20-12-14/h1-4,7-8,12,15,17,19H,5-6,9-11H2. The van der Waals surface area contributed by atoms with E-state index in [4.69, 9.17) is 4.42 Å². The van der Waals surface area contributed by atoms with E-state index in [9.17, 15) is 4.39 Å². The summed E-state index contributed by atoms with van der Waals surface area (Å²) in [5.41, 5.74) is 2.42. The summed E-state index contributed by atoms with van der Waals surface area (Å²) in [4.78, 5) is 0. The van der Waals surface area contributed by atoms with Crippen molar-refractivity contribution in [2.75, 3.05) is 6.54 Å². The van der Waals surface area contributed by atoms with Gasteiger partial charge < -0.3 is 9.73 Å². The van der Waals surface area contributed by atoms with E-state index in [2.05, 4.69) is 5.32 Å². The Kier molecular flexibility index (Phi) is 4.16. The maximum absolute atomic E-state index is 13.0. The first-order valence-corrected chi connectivity index (χ1v) is 7.28. The molecule has 0 aliphatic heterocycles. The van der Waals surface area contributed by atoms with Crippen molar-refractivity contribution >= 4 is 0 Å². The highest BCUT2D eigenvalue weighted by Crippen LogP contribution is 2.21. The van der Waals surface area contributed by atoms with Crippen LogP contribution in [0, 0.1) is 11.7 Å². The number of hydrogen-bond acceptors (Lipinski definition) is 2. The van der Waals surface area contributed by atoms with Crippen LogP contribution in [0.15, 0.2) is 47.3 Å². The van der Waals surface area contributed by atoms with Gasteiger partial charge in [0, 0.05) is 6.04 Å². The Balaban J connectivity index is 1.61. The lowest BCUT2D eigenvalue weighted by atomic mass is 9.93. The fourth-order valence-electron chi connectivity index (χ4n) is 2.53. The summed E-state index contributed by atoms with van der Waals surface area (Å²) in [6.45, 7) is 1.01. The topological polar surface area (TPSA) is 25.2 Å². The molecule has 1 atom stereocenters. The zero-order chi connectivity index (χ0) is 13.8. The molecule has 0 amide bonds. The van der Waals surface area contributed by atoms with E-state index < -0.39 is 0 Å². The van der Waals surface area contributed by atoms with Gasteiger partial charge in [-0.25, -0.2) is 4.39 Å². The van der Waals surface area contributed by atoms with Crippen molar-refractivity contribution in [3.63, 3.8) is 0 Å². The van der Waals surface area contributed by atoms with E-state index in [1.54, 1.807) is 18.4 Å². The second-order valence-corrected chi connectivity index (χ2v) is 5.71. The third kappa shape index (κ3) is 3.94. The molecular formula is C17H20FNO. The van der Waals surface area contributed by atoms with Gasteiger partial charge in [0.1, 0.15) is 5.82 Å². The monoisotopic (exact) mass is 273 g/mol. The lowest BCUT2D eigenvalue weighted by Gasteiger charge is -2.17. The molecule has 1 fully saturated rings. The van der Waals surface area contributed by atoms with Crippen LogP contribution >= 0.6 is 0 Å². The summed E-state index contributed by atoms with van der Waals surface area (Å²) in [6.07, 6.45) is 8.09. The first kappa shape index (κ1) is 13.4. The summed E-state index contributed by atoms with van der Waals surface area (Å²) in [5, 5.41) is 3.60. The molecule has 0 radical (unpaired) electrons. The van der Waals surface area contributed by atoms with E-state index in [1.807, 2.05) is 24.5 Å². The molecule has 1 aromatic carbocycles. The SMILES string of the molecule is Fc1ccc(CC(CNC2CC2)Cc2ccoc2)cc1. The largest absolute Gasteiger partial charge is 0.472 e. The van der Waals surface area contributed by atoms with Crippen LogP contribution in [-0.4, -0.2) is 12.6 Å². The average molecular weight is 273 g/mol. The van der Waals surface area contributed by atoms with Gasteiger partial charge in [-0.05, 0) is 67.5 Å². The van der Waals surface area contributed by atoms with Gasteiger partial charge in [0.05, 0.1) is 12.5 Å². The maximum atomic E-state index is 13.0. The molecule has 1 heterocycles. The van der Waals surface area contributed by atoms with Gasteiger partial charge in [-0.2, -0.15) is 0 Å². The minimum absolute atomic E-state index is 0.170. The van der Waals surface area contributed by atoms with Crippen LogP contribution in [0.2, 0.25) is 0 Å². The number of furan rings is 1. The minimum atomic E-state index is -0.170. The predicted octanol–water partition coefficient (Wildman–Crippen LogP) is 3.57. The highest BCUT2D eigenvalue weighted by atomic mass is 19.1. The minimum Gasteiger partial charge on any atom is -0.472 e. The molecule has 0 spiro atoms. The van der Waals surface area contributed by atoms with E-state index in [-0.39, 0.29) is 5.82 Å². The second-order valence-electron chi connectivity index (χ2n) is 5.71. The molecule has 1 aliphatic carbocycles. The summed E-state index contributed by atoms with van der Waals surface area (Å²) < 4.78 is 18.1. The third-order valence-corrected chi connectivity index (χ3v) is 3.81. The first-order valence-electron chi connectivity index (χ1n) is 7.28. The number of halogens is 1. The second kappa shape index (κ2) is 6.23. The number of benzene rings is 1. The van der Waals surface area contributed by atoms with Gasteiger partial charge in [0.15, 0.2) is 0 Å². The lowest BCUT2D eigenvalue weighted by Crippen LogP contribution is -2.27. The highest BCUT2D eigenvalue weighted by Gasteiger charge is 2.22. The smallest absolute Gasteiger partial charge is 0.123 e. The van der Waals surface area contributed by atoms with Crippen LogP contribution in [0.4, 0.5) is 4.39 Å². The van der Waals surface area contributed by atoms with Gasteiger partial charge in [0.25, 0.3) is 0 Å². The Bertz CT molecular complexity index is 516. The zero-order valence-corrected chi connectivity index (χ0v) is 11.5. The molecule has 3 heteroatoms. The van der Waals surface area contributed by atoms with Crippen molar-refractivity contribution in [3.8, 4) is 0 Å². The van der Waals surface area contributed by atoms with E-state index >= 15 is 0 Å². The summed E-state index contributed by atoms with van der Waals surface area (Å²) in [6, 6.07) is 9.59. The lowest BCUT2D eigenvalue weighted by molar-refractivity contribution is 0.465. The molecule has 3 rings (SSSR count). The molecule has 2 aromatic rings. The van der Waals surface area contributed by atoms with Gasteiger partial charge >= 0.3 is 0 Å². The predicted molar refractivity (Wildman–Crippen MR) is 77.0 cm³/mol. The summed E-state index contributed by atoms with van der Waals surface area (Å²) in [5.74, 6) is 0.343. The molecule has 1 aromatic heterocycles. The molecule has 1 unspecified atom stereocenters. The molecule has 1 saturated carbocycles. The number of nitrogens with one attached hydrogen (secondary N) is 1. The van der Waals surface area contributed by atoms with Crippen LogP contribution < -0.4 is 5.32 Å². The molecule has 1 N–H and O–H groups in total. The average Bonchev–Trinajstić information content (AvgIpc) is 3.15. The van der Waals surface area contributed by atoms with Crippen LogP contribution in [-0.2, 0) is 12.8 Å². The Morgan fingerprint density at radius 2 is 1.85 bits per heavy atom. The van der Waals surface area contributed by atoms with Crippen molar-refractivity contribution < 1.29 is 8.81 Å². The van der Waals surface area contributed by atoms with E-state index in [0.29, 0.717) is 5.92 Å². The normalized spacial score (nSPS) is 16.2. The highest BCUT2D eigenvalue weighted by molar-refractivity contribution is 5.17. The Morgan fingerprint density at radius 1 is 1.10 bits per heavy atom. The quantitative estimate of drug-likeness (QED) is 0.834. The first-order chi connectivity index (χ1) is 9.79. The molecule has 106 valence electrons. The van der Waals surface area contributed by atoms with Crippen molar-refractivity contribution in [2.24, 2.45) is 5.92 Å². The molecular weight excluding hydrogens is 253 g/mol. The van der Waals surface area contributed by atoms with E-state index in [1.165, 1.54) is 24.0 Å². The van der Waals surface area contributed by atoms with Gasteiger partial charge in [-0.3, -0.25) is 0 Å². The summed E-state index contributed by atoms with van der Waals surface area (Å²) in [7, 11) is 0. The number of hydrogen-bond donors (Lipinski definition) is 1. The van der Waals surface area contributed by atoms with Gasteiger partial charge in [0.2, 0.25) is 0 Å². The molecule has 2 nitrogen and oxygen atoms in total. The van der Waals surface area contributed by atoms with Gasteiger partial charge in [-0.1, -0.05) is 12.1 Å². The molecule has 0 saturated heterocycles. The molecule has 1 aliphatic rings. The molecule has 20 heavy (non-hydrogen) atoms. The van der Waals surface area contributed by atoms with Crippen molar-refractivity contribution in [3.05, 3.63) is 59.8 Å². The fourth-order valence-corrected chi connectivity index (χ4v) is 2.53. The number of rotatable bonds is 7. The fraction of sp³-hybridized carbons (Fsp3) is 0.412. The third-order valence-electron chi connectivity index (χ3n) is 3.81. The van der Waals surface area contributed by atoms with Crippen LogP contribution in [0.3, 0.4) is 0 Å². The van der Waals surface area contributed by atoms with Crippen LogP contribution in [0.5, 0.6) is 0 Å². The Morgan fingerprint density at radius 3 is 2.50 bits per heavy atom. The van der Waals surface area contributed by atoms with Crippen molar-refractivity contribution in [1.82, 2.24) is 5.32 Å². The molecule has 0 bridgehead atoms. The van der Waals surface area contributed by atoms with Crippen molar-refractivity contribution in [2.45, 2.75) is 31.7 Å². The Labute approximate surface area is 119 Å². The van der Waals surface area contributed by atoms with Crippen LogP contribution in [0.25, 0.3) is 0 Å². The summed E-state index contributed by atoms with van der Waals surface area (Å²) >= 11 is 0. The van der Waals surface area contributed by atoms with Crippen molar-refractivity contribution in [1.29, 1.82) is 0 Å². The Hall–Kier alpha value is -1.61. The van der Waals surface area contributed by atoms with Gasteiger partial charge in [-0.15, -0.1) is 0 Å². The van der Waals surface area contributed by atoms with E-state index in [0.717, 1.165) is 25.4 Å². The maximum Gasteiger partial charge on any atom is 0.123 e. The van der Waals surface area contributed by atoms with Crippen LogP contribution in [0.1, 0.15) is 24.0 Å². The zero-order valence-electron chi connectivity index (χ0n) is 11.5.